The van der Waals surface area contributed by atoms with E-state index in [-0.39, 0.29) is 5.91 Å². The molecule has 0 saturated carbocycles. The Bertz CT molecular complexity index is 354. The zero-order valence-corrected chi connectivity index (χ0v) is 9.62. The van der Waals surface area contributed by atoms with Crippen molar-refractivity contribution in [2.75, 3.05) is 18.4 Å². The summed E-state index contributed by atoms with van der Waals surface area (Å²) in [6.45, 7) is 1.46. The highest BCUT2D eigenvalue weighted by Gasteiger charge is 2.20. The van der Waals surface area contributed by atoms with Gasteiger partial charge in [0, 0.05) is 37.8 Å². The molecule has 0 spiro atoms. The lowest BCUT2D eigenvalue weighted by atomic mass is 10.1. The van der Waals surface area contributed by atoms with E-state index >= 15 is 0 Å². The van der Waals surface area contributed by atoms with Crippen molar-refractivity contribution in [1.29, 1.82) is 0 Å². The fraction of sp³-hybridized carbons (Fsp3) is 0.444. The minimum atomic E-state index is 0.124. The Morgan fingerprint density at radius 2 is 2.27 bits per heavy atom. The van der Waals surface area contributed by atoms with Crippen LogP contribution in [0.4, 0.5) is 5.95 Å². The molecule has 1 fully saturated rings. The van der Waals surface area contributed by atoms with Gasteiger partial charge in [0.15, 0.2) is 0 Å². The second-order valence-corrected chi connectivity index (χ2v) is 4.40. The molecule has 2 N–H and O–H groups in total. The van der Waals surface area contributed by atoms with Crippen LogP contribution >= 0.6 is 15.9 Å². The molecule has 2 rings (SSSR count). The topological polar surface area (TPSA) is 66.9 Å². The maximum absolute atomic E-state index is 10.9. The smallest absolute Gasteiger partial charge is 0.222 e. The number of nitrogens with zero attached hydrogens (tertiary/aromatic N) is 2. The van der Waals surface area contributed by atoms with Crippen molar-refractivity contribution >= 4 is 27.8 Å². The van der Waals surface area contributed by atoms with E-state index in [9.17, 15) is 4.79 Å². The van der Waals surface area contributed by atoms with Gasteiger partial charge in [0.1, 0.15) is 0 Å². The summed E-state index contributed by atoms with van der Waals surface area (Å²) in [5, 5.41) is 5.89. The lowest BCUT2D eigenvalue weighted by molar-refractivity contribution is -0.119. The molecule has 15 heavy (non-hydrogen) atoms. The maximum Gasteiger partial charge on any atom is 0.222 e. The van der Waals surface area contributed by atoms with Crippen LogP contribution in [0.15, 0.2) is 16.9 Å². The van der Waals surface area contributed by atoms with Gasteiger partial charge in [-0.3, -0.25) is 4.79 Å². The van der Waals surface area contributed by atoms with E-state index in [1.807, 2.05) is 0 Å². The number of hydrogen-bond acceptors (Lipinski definition) is 4. The van der Waals surface area contributed by atoms with E-state index in [2.05, 4.69) is 36.5 Å². The predicted octanol–water partition coefficient (Wildman–Crippen LogP) is 0.787. The second kappa shape index (κ2) is 4.57. The van der Waals surface area contributed by atoms with E-state index in [4.69, 9.17) is 0 Å². The molecule has 80 valence electrons. The Hall–Kier alpha value is -1.17. The highest BCUT2D eigenvalue weighted by Crippen LogP contribution is 2.10. The number of halogens is 1. The van der Waals surface area contributed by atoms with E-state index in [1.54, 1.807) is 12.4 Å². The highest BCUT2D eigenvalue weighted by molar-refractivity contribution is 9.10. The molecule has 0 aliphatic carbocycles. The quantitative estimate of drug-likeness (QED) is 0.852. The molecule has 1 aliphatic heterocycles. The minimum Gasteiger partial charge on any atom is -0.356 e. The van der Waals surface area contributed by atoms with Crippen LogP contribution in [0.25, 0.3) is 0 Å². The first kappa shape index (κ1) is 10.4. The molecular weight excluding hydrogens is 260 g/mol. The van der Waals surface area contributed by atoms with E-state index < -0.39 is 0 Å². The fourth-order valence-electron chi connectivity index (χ4n) is 1.45. The van der Waals surface area contributed by atoms with Crippen LogP contribution in [0.2, 0.25) is 0 Å². The van der Waals surface area contributed by atoms with Crippen LogP contribution in [0.1, 0.15) is 6.42 Å². The molecule has 0 bridgehead atoms. The summed E-state index contributed by atoms with van der Waals surface area (Å²) < 4.78 is 0.853. The molecule has 1 atom stereocenters. The minimum absolute atomic E-state index is 0.124. The Morgan fingerprint density at radius 3 is 2.87 bits per heavy atom. The summed E-state index contributed by atoms with van der Waals surface area (Å²) in [5.41, 5.74) is 0. The molecule has 5 nitrogen and oxygen atoms in total. The monoisotopic (exact) mass is 270 g/mol. The Kier molecular flexibility index (Phi) is 3.15. The molecule has 1 aromatic rings. The lowest BCUT2D eigenvalue weighted by Gasteiger charge is -2.08. The summed E-state index contributed by atoms with van der Waals surface area (Å²) in [7, 11) is 0. The molecule has 1 amide bonds. The third-order valence-corrected chi connectivity index (χ3v) is 2.64. The molecule has 1 saturated heterocycles. The van der Waals surface area contributed by atoms with Gasteiger partial charge in [-0.25, -0.2) is 9.97 Å². The fourth-order valence-corrected chi connectivity index (χ4v) is 1.65. The number of carbonyl (C=O) groups is 1. The van der Waals surface area contributed by atoms with E-state index in [0.29, 0.717) is 18.3 Å². The van der Waals surface area contributed by atoms with Gasteiger partial charge < -0.3 is 10.6 Å². The van der Waals surface area contributed by atoms with E-state index in [0.717, 1.165) is 17.6 Å². The molecule has 6 heteroatoms. The third kappa shape index (κ3) is 2.89. The van der Waals surface area contributed by atoms with Crippen LogP contribution < -0.4 is 10.6 Å². The highest BCUT2D eigenvalue weighted by atomic mass is 79.9. The number of nitrogens with one attached hydrogen (secondary N) is 2. The summed E-state index contributed by atoms with van der Waals surface area (Å²) in [5.74, 6) is 1.06. The first-order valence-corrected chi connectivity index (χ1v) is 5.51. The summed E-state index contributed by atoms with van der Waals surface area (Å²) in [4.78, 5) is 19.1. The average molecular weight is 271 g/mol. The van der Waals surface area contributed by atoms with Gasteiger partial charge in [0.05, 0.1) is 4.47 Å². The van der Waals surface area contributed by atoms with Crippen molar-refractivity contribution in [1.82, 2.24) is 15.3 Å². The number of aromatic nitrogens is 2. The van der Waals surface area contributed by atoms with Crippen LogP contribution in [-0.2, 0) is 4.79 Å². The Labute approximate surface area is 95.8 Å². The van der Waals surface area contributed by atoms with Crippen molar-refractivity contribution in [3.05, 3.63) is 16.9 Å². The van der Waals surface area contributed by atoms with Crippen molar-refractivity contribution in [2.24, 2.45) is 5.92 Å². The Balaban J connectivity index is 1.83. The average Bonchev–Trinajstić information content (AvgIpc) is 2.64. The second-order valence-electron chi connectivity index (χ2n) is 3.48. The third-order valence-electron chi connectivity index (χ3n) is 2.23. The van der Waals surface area contributed by atoms with Gasteiger partial charge in [-0.2, -0.15) is 0 Å². The van der Waals surface area contributed by atoms with Gasteiger partial charge in [0.2, 0.25) is 11.9 Å². The predicted molar refractivity (Wildman–Crippen MR) is 59.3 cm³/mol. The number of hydrogen-bond donors (Lipinski definition) is 2. The Morgan fingerprint density at radius 1 is 1.53 bits per heavy atom. The van der Waals surface area contributed by atoms with E-state index in [1.165, 1.54) is 0 Å². The van der Waals surface area contributed by atoms with Crippen molar-refractivity contribution < 1.29 is 4.79 Å². The zero-order valence-electron chi connectivity index (χ0n) is 8.03. The van der Waals surface area contributed by atoms with Crippen molar-refractivity contribution in [2.45, 2.75) is 6.42 Å². The summed E-state index contributed by atoms with van der Waals surface area (Å²) in [6.07, 6.45) is 3.96. The molecule has 2 heterocycles. The SMILES string of the molecule is O=C1CC(CNc2ncc(Br)cn2)CN1. The van der Waals surface area contributed by atoms with Gasteiger partial charge in [-0.15, -0.1) is 0 Å². The van der Waals surface area contributed by atoms with Crippen molar-refractivity contribution in [3.63, 3.8) is 0 Å². The molecule has 1 aliphatic rings. The van der Waals surface area contributed by atoms with Crippen LogP contribution in [0.3, 0.4) is 0 Å². The molecule has 0 radical (unpaired) electrons. The number of rotatable bonds is 3. The number of amides is 1. The maximum atomic E-state index is 10.9. The number of anilines is 1. The van der Waals surface area contributed by atoms with Gasteiger partial charge in [-0.1, -0.05) is 0 Å². The molecular formula is C9H11BrN4O. The van der Waals surface area contributed by atoms with Gasteiger partial charge >= 0.3 is 0 Å². The summed E-state index contributed by atoms with van der Waals surface area (Å²) >= 11 is 3.26. The summed E-state index contributed by atoms with van der Waals surface area (Å²) in [6, 6.07) is 0. The lowest BCUT2D eigenvalue weighted by Crippen LogP contribution is -2.18. The number of carbonyl (C=O) groups excluding carboxylic acids is 1. The first-order valence-electron chi connectivity index (χ1n) is 4.72. The first-order chi connectivity index (χ1) is 7.24. The van der Waals surface area contributed by atoms with Crippen LogP contribution in [0.5, 0.6) is 0 Å². The van der Waals surface area contributed by atoms with Gasteiger partial charge in [0.25, 0.3) is 0 Å². The standard InChI is InChI=1S/C9H11BrN4O/c10-7-4-13-9(14-5-7)12-3-6-1-8(15)11-2-6/h4-6H,1-3H2,(H,11,15)(H,12,13,14). The zero-order chi connectivity index (χ0) is 10.7. The van der Waals surface area contributed by atoms with Crippen molar-refractivity contribution in [3.8, 4) is 0 Å². The van der Waals surface area contributed by atoms with Gasteiger partial charge in [-0.05, 0) is 15.9 Å². The van der Waals surface area contributed by atoms with Crippen LogP contribution in [0, 0.1) is 5.92 Å². The van der Waals surface area contributed by atoms with Crippen LogP contribution in [-0.4, -0.2) is 29.0 Å². The molecule has 1 unspecified atom stereocenters. The normalized spacial score (nSPS) is 20.1. The largest absolute Gasteiger partial charge is 0.356 e. The molecule has 1 aromatic heterocycles. The molecule has 0 aromatic carbocycles.